The van der Waals surface area contributed by atoms with Crippen molar-refractivity contribution in [3.63, 3.8) is 0 Å². The summed E-state index contributed by atoms with van der Waals surface area (Å²) in [6.45, 7) is 4.22. The lowest BCUT2D eigenvalue weighted by Gasteiger charge is -2.07. The monoisotopic (exact) mass is 317 g/mol. The Balaban J connectivity index is 2.29. The summed E-state index contributed by atoms with van der Waals surface area (Å²) in [7, 11) is 0. The van der Waals surface area contributed by atoms with Crippen molar-refractivity contribution < 1.29 is 0 Å². The third-order valence-corrected chi connectivity index (χ3v) is 4.44. The second kappa shape index (κ2) is 5.60. The van der Waals surface area contributed by atoms with Crippen LogP contribution < -0.4 is 0 Å². The van der Waals surface area contributed by atoms with Gasteiger partial charge in [-0.2, -0.15) is 5.26 Å². The number of hydrogen-bond acceptors (Lipinski definition) is 2. The summed E-state index contributed by atoms with van der Waals surface area (Å²) in [6.07, 6.45) is 0. The van der Waals surface area contributed by atoms with Crippen molar-refractivity contribution in [2.24, 2.45) is 0 Å². The summed E-state index contributed by atoms with van der Waals surface area (Å²) in [5.41, 5.74) is 3.22. The molecule has 2 aromatic rings. The largest absolute Gasteiger partial charge is 0.192 e. The number of aryl methyl sites for hydroxylation is 2. The van der Waals surface area contributed by atoms with Gasteiger partial charge in [-0.05, 0) is 59.6 Å². The van der Waals surface area contributed by atoms with E-state index in [-0.39, 0.29) is 0 Å². The van der Waals surface area contributed by atoms with Crippen LogP contribution in [0, 0.1) is 25.2 Å². The summed E-state index contributed by atoms with van der Waals surface area (Å²) in [6, 6.07) is 14.4. The van der Waals surface area contributed by atoms with Gasteiger partial charge >= 0.3 is 0 Å². The van der Waals surface area contributed by atoms with Gasteiger partial charge in [-0.25, -0.2) is 0 Å². The van der Waals surface area contributed by atoms with Crippen LogP contribution in [0.25, 0.3) is 0 Å². The molecule has 90 valence electrons. The molecule has 2 aromatic carbocycles. The van der Waals surface area contributed by atoms with E-state index in [0.29, 0.717) is 5.56 Å². The Hall–Kier alpha value is -1.24. The maximum Gasteiger partial charge on any atom is 0.100 e. The first-order chi connectivity index (χ1) is 8.60. The molecule has 0 radical (unpaired) electrons. The number of benzene rings is 2. The Morgan fingerprint density at radius 2 is 1.89 bits per heavy atom. The van der Waals surface area contributed by atoms with Crippen LogP contribution in [0.2, 0.25) is 0 Å². The Kier molecular flexibility index (Phi) is 4.11. The van der Waals surface area contributed by atoms with Crippen molar-refractivity contribution in [3.8, 4) is 6.07 Å². The van der Waals surface area contributed by atoms with Crippen molar-refractivity contribution in [2.45, 2.75) is 23.6 Å². The van der Waals surface area contributed by atoms with E-state index in [9.17, 15) is 0 Å². The number of halogens is 1. The number of nitrogens with zero attached hydrogens (tertiary/aromatic N) is 1. The summed E-state index contributed by atoms with van der Waals surface area (Å²) in [4.78, 5) is 2.38. The molecule has 0 heterocycles. The van der Waals surface area contributed by atoms with Gasteiger partial charge in [0, 0.05) is 14.3 Å². The van der Waals surface area contributed by atoms with E-state index in [2.05, 4.69) is 54.0 Å². The van der Waals surface area contributed by atoms with Crippen molar-refractivity contribution >= 4 is 27.7 Å². The van der Waals surface area contributed by atoms with E-state index in [1.54, 1.807) is 11.8 Å². The molecule has 3 heteroatoms. The van der Waals surface area contributed by atoms with Crippen LogP contribution in [0.5, 0.6) is 0 Å². The average molecular weight is 318 g/mol. The van der Waals surface area contributed by atoms with Crippen LogP contribution in [0.3, 0.4) is 0 Å². The molecule has 0 amide bonds. The Labute approximate surface area is 120 Å². The molecule has 0 atom stereocenters. The molecule has 0 fully saturated rings. The predicted molar refractivity (Wildman–Crippen MR) is 78.9 cm³/mol. The van der Waals surface area contributed by atoms with Crippen LogP contribution in [0.15, 0.2) is 50.7 Å². The molecule has 0 saturated heterocycles. The Morgan fingerprint density at radius 1 is 1.11 bits per heavy atom. The van der Waals surface area contributed by atoms with E-state index >= 15 is 0 Å². The van der Waals surface area contributed by atoms with Gasteiger partial charge in [0.2, 0.25) is 0 Å². The van der Waals surface area contributed by atoms with Crippen LogP contribution >= 0.6 is 27.7 Å². The smallest absolute Gasteiger partial charge is 0.100 e. The van der Waals surface area contributed by atoms with Gasteiger partial charge in [0.1, 0.15) is 6.07 Å². The fraction of sp³-hybridized carbons (Fsp3) is 0.133. The highest BCUT2D eigenvalue weighted by molar-refractivity contribution is 9.10. The lowest BCUT2D eigenvalue weighted by Crippen LogP contribution is -1.83. The minimum absolute atomic E-state index is 0.667. The summed E-state index contributed by atoms with van der Waals surface area (Å²) in [5, 5.41) is 8.89. The van der Waals surface area contributed by atoms with E-state index in [1.807, 2.05) is 18.2 Å². The minimum atomic E-state index is 0.667. The first kappa shape index (κ1) is 13.2. The highest BCUT2D eigenvalue weighted by atomic mass is 79.9. The highest BCUT2D eigenvalue weighted by Crippen LogP contribution is 2.33. The van der Waals surface area contributed by atoms with Crippen molar-refractivity contribution in [2.75, 3.05) is 0 Å². The number of rotatable bonds is 2. The van der Waals surface area contributed by atoms with Gasteiger partial charge in [-0.3, -0.25) is 0 Å². The number of hydrogen-bond donors (Lipinski definition) is 0. The molecule has 18 heavy (non-hydrogen) atoms. The van der Waals surface area contributed by atoms with Gasteiger partial charge in [0.05, 0.1) is 5.56 Å². The summed E-state index contributed by atoms with van der Waals surface area (Å²) < 4.78 is 0.847. The maximum atomic E-state index is 8.89. The topological polar surface area (TPSA) is 23.8 Å². The van der Waals surface area contributed by atoms with Gasteiger partial charge < -0.3 is 0 Å². The van der Waals surface area contributed by atoms with Gasteiger partial charge in [-0.1, -0.05) is 29.5 Å². The SMILES string of the molecule is Cc1ccc(Sc2ccc(C#N)c(Br)c2)c(C)c1. The molecule has 2 rings (SSSR count). The van der Waals surface area contributed by atoms with Crippen molar-refractivity contribution in [1.82, 2.24) is 0 Å². The van der Waals surface area contributed by atoms with E-state index < -0.39 is 0 Å². The normalized spacial score (nSPS) is 10.1. The molecule has 0 bridgehead atoms. The fourth-order valence-electron chi connectivity index (χ4n) is 1.69. The zero-order valence-electron chi connectivity index (χ0n) is 10.2. The second-order valence-corrected chi connectivity index (χ2v) is 6.09. The van der Waals surface area contributed by atoms with Crippen LogP contribution in [0.1, 0.15) is 16.7 Å². The van der Waals surface area contributed by atoms with Crippen molar-refractivity contribution in [3.05, 3.63) is 57.6 Å². The number of nitriles is 1. The van der Waals surface area contributed by atoms with Gasteiger partial charge in [0.15, 0.2) is 0 Å². The molecule has 0 N–H and O–H groups in total. The Bertz CT molecular complexity index is 629. The zero-order chi connectivity index (χ0) is 13.1. The third-order valence-electron chi connectivity index (χ3n) is 2.62. The lowest BCUT2D eigenvalue weighted by molar-refractivity contribution is 1.25. The molecule has 0 unspecified atom stereocenters. The molecule has 0 aliphatic rings. The molecular weight excluding hydrogens is 306 g/mol. The predicted octanol–water partition coefficient (Wildman–Crippen LogP) is 5.09. The molecule has 0 saturated carbocycles. The Morgan fingerprint density at radius 3 is 2.50 bits per heavy atom. The van der Waals surface area contributed by atoms with Crippen LogP contribution in [0.4, 0.5) is 0 Å². The first-order valence-corrected chi connectivity index (χ1v) is 7.16. The summed E-state index contributed by atoms with van der Waals surface area (Å²) in [5.74, 6) is 0. The van der Waals surface area contributed by atoms with E-state index in [4.69, 9.17) is 5.26 Å². The van der Waals surface area contributed by atoms with E-state index in [1.165, 1.54) is 16.0 Å². The molecule has 0 aromatic heterocycles. The highest BCUT2D eigenvalue weighted by Gasteiger charge is 2.04. The second-order valence-electron chi connectivity index (χ2n) is 4.12. The lowest BCUT2D eigenvalue weighted by atomic mass is 10.2. The van der Waals surface area contributed by atoms with E-state index in [0.717, 1.165) is 9.37 Å². The summed E-state index contributed by atoms with van der Waals surface area (Å²) >= 11 is 5.13. The van der Waals surface area contributed by atoms with Crippen molar-refractivity contribution in [1.29, 1.82) is 5.26 Å². The van der Waals surface area contributed by atoms with Crippen LogP contribution in [-0.2, 0) is 0 Å². The van der Waals surface area contributed by atoms with Crippen LogP contribution in [-0.4, -0.2) is 0 Å². The molecule has 0 spiro atoms. The first-order valence-electron chi connectivity index (χ1n) is 5.55. The minimum Gasteiger partial charge on any atom is -0.192 e. The standard InChI is InChI=1S/C15H12BrNS/c1-10-3-6-15(11(2)7-10)18-13-5-4-12(9-17)14(16)8-13/h3-8H,1-2H3. The van der Waals surface area contributed by atoms with Gasteiger partial charge in [-0.15, -0.1) is 0 Å². The quantitative estimate of drug-likeness (QED) is 0.770. The van der Waals surface area contributed by atoms with Gasteiger partial charge in [0.25, 0.3) is 0 Å². The third kappa shape index (κ3) is 2.95. The molecular formula is C15H12BrNS. The maximum absolute atomic E-state index is 8.89. The molecule has 1 nitrogen and oxygen atoms in total. The average Bonchev–Trinajstić information content (AvgIpc) is 2.33. The fourth-order valence-corrected chi connectivity index (χ4v) is 3.23. The molecule has 0 aliphatic carbocycles. The zero-order valence-corrected chi connectivity index (χ0v) is 12.6. The molecule has 0 aliphatic heterocycles.